The van der Waals surface area contributed by atoms with Crippen molar-refractivity contribution in [2.45, 2.75) is 19.2 Å². The molecule has 0 saturated heterocycles. The number of hydrogen-bond donors (Lipinski definition) is 2. The van der Waals surface area contributed by atoms with E-state index in [0.29, 0.717) is 0 Å². The lowest BCUT2D eigenvalue weighted by atomic mass is 10.0. The van der Waals surface area contributed by atoms with Crippen LogP contribution in [0.5, 0.6) is 0 Å². The highest BCUT2D eigenvalue weighted by atomic mass is 19.4. The molecule has 0 unspecified atom stereocenters. The quantitative estimate of drug-likeness (QED) is 0.869. The number of nitrogens with zero attached hydrogens (tertiary/aromatic N) is 2. The fraction of sp³-hybridized carbons (Fsp3) is 0.462. The summed E-state index contributed by atoms with van der Waals surface area (Å²) in [4.78, 5) is 0.906. The second-order valence-electron chi connectivity index (χ2n) is 4.32. The number of aliphatic hydroxyl groups is 2. The van der Waals surface area contributed by atoms with Gasteiger partial charge in [0.25, 0.3) is 0 Å². The second kappa shape index (κ2) is 6.59. The van der Waals surface area contributed by atoms with Crippen LogP contribution >= 0.6 is 0 Å². The fourth-order valence-corrected chi connectivity index (χ4v) is 1.86. The van der Waals surface area contributed by atoms with Gasteiger partial charge in [0.05, 0.1) is 24.3 Å². The summed E-state index contributed by atoms with van der Waals surface area (Å²) in [7, 11) is 0. The largest absolute Gasteiger partial charge is 0.405 e. The van der Waals surface area contributed by atoms with Crippen LogP contribution in [0.4, 0.5) is 18.9 Å². The van der Waals surface area contributed by atoms with Crippen molar-refractivity contribution in [2.75, 3.05) is 24.6 Å². The van der Waals surface area contributed by atoms with Crippen molar-refractivity contribution in [3.05, 3.63) is 29.3 Å². The van der Waals surface area contributed by atoms with Gasteiger partial charge < -0.3 is 15.1 Å². The van der Waals surface area contributed by atoms with Crippen molar-refractivity contribution in [2.24, 2.45) is 0 Å². The number of nitriles is 1. The predicted molar refractivity (Wildman–Crippen MR) is 67.1 cm³/mol. The Bertz CT molecular complexity index is 495. The molecular formula is C13H15F3N2O2. The minimum atomic E-state index is -4.45. The summed E-state index contributed by atoms with van der Waals surface area (Å²) in [5.41, 5.74) is 0.571. The van der Waals surface area contributed by atoms with E-state index >= 15 is 0 Å². The van der Waals surface area contributed by atoms with E-state index in [2.05, 4.69) is 0 Å². The fourth-order valence-electron chi connectivity index (χ4n) is 1.86. The molecule has 0 saturated carbocycles. The molecule has 0 aromatic heterocycles. The molecule has 0 amide bonds. The normalized spacial score (nSPS) is 12.8. The Balaban J connectivity index is 3.26. The van der Waals surface area contributed by atoms with E-state index < -0.39 is 25.4 Å². The smallest absolute Gasteiger partial charge is 0.395 e. The van der Waals surface area contributed by atoms with Gasteiger partial charge in [-0.3, -0.25) is 0 Å². The van der Waals surface area contributed by atoms with Gasteiger partial charge in [-0.2, -0.15) is 18.4 Å². The van der Waals surface area contributed by atoms with Gasteiger partial charge >= 0.3 is 6.18 Å². The molecule has 0 radical (unpaired) electrons. The van der Waals surface area contributed by atoms with Gasteiger partial charge in [0.1, 0.15) is 6.54 Å². The highest BCUT2D eigenvalue weighted by Gasteiger charge is 2.31. The lowest BCUT2D eigenvalue weighted by Crippen LogP contribution is -2.37. The number of benzene rings is 1. The van der Waals surface area contributed by atoms with E-state index in [1.807, 2.05) is 6.07 Å². The van der Waals surface area contributed by atoms with Gasteiger partial charge in [-0.25, -0.2) is 0 Å². The van der Waals surface area contributed by atoms with Crippen molar-refractivity contribution in [1.82, 2.24) is 0 Å². The van der Waals surface area contributed by atoms with Crippen molar-refractivity contribution < 1.29 is 23.4 Å². The number of halogens is 3. The van der Waals surface area contributed by atoms with Crippen molar-refractivity contribution in [3.8, 4) is 6.07 Å². The summed E-state index contributed by atoms with van der Waals surface area (Å²) in [5.74, 6) is 0. The van der Waals surface area contributed by atoms with Crippen LogP contribution in [0.3, 0.4) is 0 Å². The van der Waals surface area contributed by atoms with Crippen LogP contribution in [0, 0.1) is 11.3 Å². The summed E-state index contributed by atoms with van der Waals surface area (Å²) < 4.78 is 37.7. The van der Waals surface area contributed by atoms with E-state index in [9.17, 15) is 18.3 Å². The molecule has 1 atom stereocenters. The first-order valence-corrected chi connectivity index (χ1v) is 5.93. The Morgan fingerprint density at radius 2 is 2.05 bits per heavy atom. The molecule has 0 fully saturated rings. The van der Waals surface area contributed by atoms with Crippen molar-refractivity contribution in [1.29, 1.82) is 5.26 Å². The van der Waals surface area contributed by atoms with Gasteiger partial charge in [-0.1, -0.05) is 6.07 Å². The van der Waals surface area contributed by atoms with Crippen molar-refractivity contribution in [3.63, 3.8) is 0 Å². The van der Waals surface area contributed by atoms with Crippen LogP contribution in [0.1, 0.15) is 24.2 Å². The van der Waals surface area contributed by atoms with Crippen LogP contribution < -0.4 is 4.90 Å². The first-order chi connectivity index (χ1) is 9.28. The van der Waals surface area contributed by atoms with Crippen molar-refractivity contribution >= 4 is 5.69 Å². The van der Waals surface area contributed by atoms with E-state index in [1.54, 1.807) is 0 Å². The van der Waals surface area contributed by atoms with E-state index in [1.165, 1.54) is 25.1 Å². The van der Waals surface area contributed by atoms with E-state index in [-0.39, 0.29) is 23.4 Å². The summed E-state index contributed by atoms with van der Waals surface area (Å²) in [6.45, 7) is -0.544. The lowest BCUT2D eigenvalue weighted by molar-refractivity contribution is -0.119. The van der Waals surface area contributed by atoms with Crippen LogP contribution in [-0.4, -0.2) is 36.1 Å². The molecular weight excluding hydrogens is 273 g/mol. The number of aliphatic hydroxyl groups excluding tert-OH is 2. The first-order valence-electron chi connectivity index (χ1n) is 5.93. The molecule has 2 N–H and O–H groups in total. The summed E-state index contributed by atoms with van der Waals surface area (Å²) in [6.07, 6.45) is -5.43. The van der Waals surface area contributed by atoms with E-state index in [4.69, 9.17) is 10.4 Å². The maximum atomic E-state index is 12.6. The molecule has 0 aliphatic rings. The molecule has 0 aliphatic carbocycles. The molecule has 0 aliphatic heterocycles. The molecule has 20 heavy (non-hydrogen) atoms. The molecule has 4 nitrogen and oxygen atoms in total. The number of hydrogen-bond acceptors (Lipinski definition) is 4. The number of alkyl halides is 3. The minimum absolute atomic E-state index is 0.102. The summed E-state index contributed by atoms with van der Waals surface area (Å²) >= 11 is 0. The van der Waals surface area contributed by atoms with Gasteiger partial charge in [-0.15, -0.1) is 0 Å². The third-order valence-electron chi connectivity index (χ3n) is 2.69. The highest BCUT2D eigenvalue weighted by Crippen LogP contribution is 2.30. The zero-order valence-corrected chi connectivity index (χ0v) is 10.9. The lowest BCUT2D eigenvalue weighted by Gasteiger charge is -2.28. The Hall–Kier alpha value is -1.78. The van der Waals surface area contributed by atoms with Gasteiger partial charge in [0.2, 0.25) is 0 Å². The van der Waals surface area contributed by atoms with Crippen LogP contribution in [0.2, 0.25) is 0 Å². The minimum Gasteiger partial charge on any atom is -0.395 e. The third-order valence-corrected chi connectivity index (χ3v) is 2.69. The molecule has 1 aromatic rings. The Morgan fingerprint density at radius 3 is 2.50 bits per heavy atom. The SMILES string of the molecule is C[C@@H](O)c1ccc(C#N)cc1N(CCO)CC(F)(F)F. The molecule has 7 heteroatoms. The third kappa shape index (κ3) is 4.40. The average molecular weight is 288 g/mol. The number of rotatable bonds is 5. The Kier molecular flexibility index (Phi) is 5.36. The topological polar surface area (TPSA) is 67.5 Å². The van der Waals surface area contributed by atoms with Gasteiger partial charge in [-0.05, 0) is 19.1 Å². The van der Waals surface area contributed by atoms with Crippen LogP contribution in [0.25, 0.3) is 0 Å². The monoisotopic (exact) mass is 288 g/mol. The van der Waals surface area contributed by atoms with Gasteiger partial charge in [0.15, 0.2) is 0 Å². The average Bonchev–Trinajstić information content (AvgIpc) is 2.35. The first kappa shape index (κ1) is 16.3. The second-order valence-corrected chi connectivity index (χ2v) is 4.32. The molecule has 1 rings (SSSR count). The van der Waals surface area contributed by atoms with Gasteiger partial charge in [0, 0.05) is 17.8 Å². The Morgan fingerprint density at radius 1 is 1.40 bits per heavy atom. The predicted octanol–water partition coefficient (Wildman–Crippen LogP) is 1.97. The molecule has 0 bridgehead atoms. The summed E-state index contributed by atoms with van der Waals surface area (Å²) in [6, 6.07) is 5.97. The Labute approximate surface area is 114 Å². The van der Waals surface area contributed by atoms with Crippen LogP contribution in [-0.2, 0) is 0 Å². The maximum Gasteiger partial charge on any atom is 0.405 e. The highest BCUT2D eigenvalue weighted by molar-refractivity contribution is 5.58. The molecule has 0 heterocycles. The number of anilines is 1. The molecule has 1 aromatic carbocycles. The zero-order valence-electron chi connectivity index (χ0n) is 10.9. The van der Waals surface area contributed by atoms with E-state index in [0.717, 1.165) is 4.90 Å². The van der Waals surface area contributed by atoms with Crippen LogP contribution in [0.15, 0.2) is 18.2 Å². The molecule has 0 spiro atoms. The maximum absolute atomic E-state index is 12.6. The standard InChI is InChI=1S/C13H15F3N2O2/c1-9(20)11-3-2-10(7-17)6-12(11)18(4-5-19)8-13(14,15)16/h2-3,6,9,19-20H,4-5,8H2,1H3/t9-/m1/s1. The summed E-state index contributed by atoms with van der Waals surface area (Å²) in [5, 5.41) is 27.4. The molecule has 110 valence electrons. The zero-order chi connectivity index (χ0) is 15.3.